The molecule has 108 valence electrons. The van der Waals surface area contributed by atoms with Gasteiger partial charge in [-0.25, -0.2) is 4.79 Å². The number of aromatic nitrogens is 1. The molecule has 1 aliphatic carbocycles. The number of carboxylic acids is 1. The van der Waals surface area contributed by atoms with Crippen LogP contribution in [0.4, 0.5) is 0 Å². The highest BCUT2D eigenvalue weighted by atomic mass is 16.5. The molecule has 0 aromatic carbocycles. The minimum Gasteiger partial charge on any atom is -0.480 e. The minimum atomic E-state index is -1.23. The van der Waals surface area contributed by atoms with Gasteiger partial charge in [-0.05, 0) is 19.3 Å². The molecule has 8 heteroatoms. The number of carboxylic acid groups (broad SMARTS) is 1. The molecule has 0 aliphatic heterocycles. The van der Waals surface area contributed by atoms with Crippen LogP contribution in [0.2, 0.25) is 0 Å². The molecule has 8 nitrogen and oxygen atoms in total. The van der Waals surface area contributed by atoms with Crippen molar-refractivity contribution in [2.24, 2.45) is 5.73 Å². The van der Waals surface area contributed by atoms with Crippen LogP contribution >= 0.6 is 0 Å². The molecule has 1 heterocycles. The van der Waals surface area contributed by atoms with Crippen molar-refractivity contribution in [1.29, 1.82) is 0 Å². The Kier molecular flexibility index (Phi) is 4.02. The third kappa shape index (κ3) is 3.56. The lowest BCUT2D eigenvalue weighted by Crippen LogP contribution is -2.41. The lowest BCUT2D eigenvalue weighted by Gasteiger charge is -2.12. The predicted molar refractivity (Wildman–Crippen MR) is 65.8 cm³/mol. The number of nitrogens with zero attached hydrogens (tertiary/aromatic N) is 1. The topological polar surface area (TPSA) is 136 Å². The zero-order valence-electron chi connectivity index (χ0n) is 10.7. The fourth-order valence-corrected chi connectivity index (χ4v) is 1.73. The number of amides is 2. The van der Waals surface area contributed by atoms with E-state index >= 15 is 0 Å². The van der Waals surface area contributed by atoms with Gasteiger partial charge in [0.15, 0.2) is 5.69 Å². The predicted octanol–water partition coefficient (Wildman–Crippen LogP) is 0.000500. The Morgan fingerprint density at radius 1 is 1.50 bits per heavy atom. The zero-order chi connectivity index (χ0) is 14.7. The van der Waals surface area contributed by atoms with Gasteiger partial charge in [0, 0.05) is 18.4 Å². The van der Waals surface area contributed by atoms with E-state index in [1.807, 2.05) is 0 Å². The van der Waals surface area contributed by atoms with Crippen molar-refractivity contribution in [3.8, 4) is 0 Å². The molecule has 1 atom stereocenters. The van der Waals surface area contributed by atoms with Crippen LogP contribution in [-0.2, 0) is 9.59 Å². The van der Waals surface area contributed by atoms with Gasteiger partial charge in [0.05, 0.1) is 0 Å². The third-order valence-corrected chi connectivity index (χ3v) is 3.02. The average molecular weight is 281 g/mol. The van der Waals surface area contributed by atoms with Gasteiger partial charge in [0.25, 0.3) is 5.91 Å². The van der Waals surface area contributed by atoms with E-state index in [9.17, 15) is 14.4 Å². The highest BCUT2D eigenvalue weighted by Gasteiger charge is 2.29. The Morgan fingerprint density at radius 3 is 2.75 bits per heavy atom. The first-order valence-electron chi connectivity index (χ1n) is 6.26. The summed E-state index contributed by atoms with van der Waals surface area (Å²) in [5.41, 5.74) is 4.99. The van der Waals surface area contributed by atoms with Gasteiger partial charge >= 0.3 is 5.97 Å². The molecule has 2 amide bonds. The summed E-state index contributed by atoms with van der Waals surface area (Å²) >= 11 is 0. The second-order valence-corrected chi connectivity index (χ2v) is 4.76. The minimum absolute atomic E-state index is 0.0391. The number of hydrogen-bond donors (Lipinski definition) is 3. The number of carbonyl (C=O) groups is 3. The number of carbonyl (C=O) groups excluding carboxylic acids is 2. The monoisotopic (exact) mass is 281 g/mol. The molecule has 0 radical (unpaired) electrons. The highest BCUT2D eigenvalue weighted by molar-refractivity contribution is 5.95. The third-order valence-electron chi connectivity index (χ3n) is 3.02. The molecule has 1 aromatic rings. The average Bonchev–Trinajstić information content (AvgIpc) is 3.11. The number of nitrogens with two attached hydrogens (primary N) is 1. The van der Waals surface area contributed by atoms with Crippen molar-refractivity contribution >= 4 is 17.8 Å². The molecule has 1 saturated carbocycles. The van der Waals surface area contributed by atoms with Crippen molar-refractivity contribution in [3.63, 3.8) is 0 Å². The van der Waals surface area contributed by atoms with Gasteiger partial charge < -0.3 is 20.7 Å². The molecule has 0 unspecified atom stereocenters. The molecule has 1 fully saturated rings. The van der Waals surface area contributed by atoms with Crippen LogP contribution in [0, 0.1) is 0 Å². The van der Waals surface area contributed by atoms with Crippen LogP contribution in [0.3, 0.4) is 0 Å². The molecule has 2 rings (SSSR count). The van der Waals surface area contributed by atoms with Crippen LogP contribution in [0.1, 0.15) is 47.8 Å². The van der Waals surface area contributed by atoms with Crippen LogP contribution in [0.25, 0.3) is 0 Å². The lowest BCUT2D eigenvalue weighted by molar-refractivity contribution is -0.139. The molecule has 1 aromatic heterocycles. The summed E-state index contributed by atoms with van der Waals surface area (Å²) < 4.78 is 5.02. The van der Waals surface area contributed by atoms with Crippen LogP contribution in [0.5, 0.6) is 0 Å². The molecule has 0 bridgehead atoms. The van der Waals surface area contributed by atoms with Crippen molar-refractivity contribution in [1.82, 2.24) is 10.5 Å². The second-order valence-electron chi connectivity index (χ2n) is 4.76. The number of rotatable bonds is 7. The van der Waals surface area contributed by atoms with Crippen molar-refractivity contribution in [3.05, 3.63) is 17.5 Å². The summed E-state index contributed by atoms with van der Waals surface area (Å²) in [7, 11) is 0. The van der Waals surface area contributed by atoms with E-state index in [1.165, 1.54) is 6.07 Å². The maximum absolute atomic E-state index is 11.8. The molecular formula is C12H15N3O5. The fraction of sp³-hybridized carbons (Fsp3) is 0.500. The first-order valence-corrected chi connectivity index (χ1v) is 6.26. The van der Waals surface area contributed by atoms with E-state index in [0.717, 1.165) is 12.8 Å². The summed E-state index contributed by atoms with van der Waals surface area (Å²) in [6.07, 6.45) is 1.83. The number of primary amides is 1. The highest BCUT2D eigenvalue weighted by Crippen LogP contribution is 2.40. The standard InChI is InChI=1S/C12H15N3O5/c13-10(16)4-3-7(12(18)19)14-11(17)8-5-9(20-15-8)6-1-2-6/h5-7H,1-4H2,(H2,13,16)(H,14,17)(H,18,19)/t7-/m0/s1. The van der Waals surface area contributed by atoms with Gasteiger partial charge in [-0.2, -0.15) is 0 Å². The van der Waals surface area contributed by atoms with Gasteiger partial charge in [-0.1, -0.05) is 5.16 Å². The second kappa shape index (κ2) is 5.72. The van der Waals surface area contributed by atoms with E-state index in [1.54, 1.807) is 0 Å². The van der Waals surface area contributed by atoms with Crippen LogP contribution in [-0.4, -0.2) is 34.1 Å². The first kappa shape index (κ1) is 14.0. The first-order chi connectivity index (χ1) is 9.47. The van der Waals surface area contributed by atoms with Crippen molar-refractivity contribution in [2.75, 3.05) is 0 Å². The summed E-state index contributed by atoms with van der Waals surface area (Å²) in [5.74, 6) is -1.54. The molecule has 4 N–H and O–H groups in total. The lowest BCUT2D eigenvalue weighted by atomic mass is 10.1. The summed E-state index contributed by atoms with van der Waals surface area (Å²) in [5, 5.41) is 14.9. The maximum Gasteiger partial charge on any atom is 0.326 e. The number of nitrogens with one attached hydrogen (secondary N) is 1. The van der Waals surface area contributed by atoms with Gasteiger partial charge in [-0.3, -0.25) is 9.59 Å². The van der Waals surface area contributed by atoms with E-state index < -0.39 is 23.8 Å². The largest absolute Gasteiger partial charge is 0.480 e. The zero-order valence-corrected chi connectivity index (χ0v) is 10.7. The fourth-order valence-electron chi connectivity index (χ4n) is 1.73. The Balaban J connectivity index is 1.95. The van der Waals surface area contributed by atoms with E-state index in [4.69, 9.17) is 15.4 Å². The van der Waals surface area contributed by atoms with E-state index in [0.29, 0.717) is 11.7 Å². The molecule has 20 heavy (non-hydrogen) atoms. The Hall–Kier alpha value is -2.38. The molecule has 0 saturated heterocycles. The molecule has 0 spiro atoms. The van der Waals surface area contributed by atoms with Gasteiger partial charge in [-0.15, -0.1) is 0 Å². The SMILES string of the molecule is NC(=O)CC[C@H](NC(=O)c1cc(C2CC2)on1)C(=O)O. The quantitative estimate of drug-likeness (QED) is 0.643. The van der Waals surface area contributed by atoms with Crippen molar-refractivity contribution in [2.45, 2.75) is 37.6 Å². The van der Waals surface area contributed by atoms with E-state index in [2.05, 4.69) is 10.5 Å². The van der Waals surface area contributed by atoms with Crippen LogP contribution in [0.15, 0.2) is 10.6 Å². The summed E-state index contributed by atoms with van der Waals surface area (Å²) in [6.45, 7) is 0. The smallest absolute Gasteiger partial charge is 0.326 e. The Morgan fingerprint density at radius 2 is 2.20 bits per heavy atom. The van der Waals surface area contributed by atoms with Gasteiger partial charge in [0.1, 0.15) is 11.8 Å². The number of aliphatic carboxylic acids is 1. The number of hydrogen-bond acceptors (Lipinski definition) is 5. The summed E-state index contributed by atoms with van der Waals surface area (Å²) in [6, 6.07) is 0.330. The van der Waals surface area contributed by atoms with Crippen LogP contribution < -0.4 is 11.1 Å². The van der Waals surface area contributed by atoms with Gasteiger partial charge in [0.2, 0.25) is 5.91 Å². The summed E-state index contributed by atoms with van der Waals surface area (Å²) in [4.78, 5) is 33.5. The Labute approximate surface area is 114 Å². The molecule has 1 aliphatic rings. The normalized spacial score (nSPS) is 15.6. The Bertz CT molecular complexity index is 535. The van der Waals surface area contributed by atoms with E-state index in [-0.39, 0.29) is 18.5 Å². The molecular weight excluding hydrogens is 266 g/mol. The van der Waals surface area contributed by atoms with Crippen molar-refractivity contribution < 1.29 is 24.0 Å². The maximum atomic E-state index is 11.8.